The molecule has 9 aromatic carbocycles. The molecule has 11 rings (SSSR count). The van der Waals surface area contributed by atoms with Gasteiger partial charge in [-0.3, -0.25) is 0 Å². The molecule has 10 aromatic rings. The average Bonchev–Trinajstić information content (AvgIpc) is 3.55. The molecule has 3 heteroatoms. The van der Waals surface area contributed by atoms with Crippen LogP contribution in [0.2, 0.25) is 0 Å². The maximum absolute atomic E-state index is 5.24. The third kappa shape index (κ3) is 4.87. The molecule has 0 unspecified atom stereocenters. The van der Waals surface area contributed by atoms with Crippen molar-refractivity contribution in [2.24, 2.45) is 0 Å². The molecule has 1 aliphatic rings. The van der Waals surface area contributed by atoms with E-state index in [0.29, 0.717) is 17.5 Å². The van der Waals surface area contributed by atoms with Gasteiger partial charge >= 0.3 is 0 Å². The Morgan fingerprint density at radius 2 is 0.891 bits per heavy atom. The molecule has 3 nitrogen and oxygen atoms in total. The Kier molecular flexibility index (Phi) is 7.08. The highest BCUT2D eigenvalue weighted by molar-refractivity contribution is 6.11. The van der Waals surface area contributed by atoms with Crippen molar-refractivity contribution in [3.63, 3.8) is 0 Å². The third-order valence-corrected chi connectivity index (χ3v) is 11.4. The summed E-state index contributed by atoms with van der Waals surface area (Å²) < 4.78 is 0. The van der Waals surface area contributed by atoms with Gasteiger partial charge in [-0.2, -0.15) is 0 Å². The number of hydrogen-bond acceptors (Lipinski definition) is 3. The van der Waals surface area contributed by atoms with Crippen LogP contribution in [0.25, 0.3) is 77.6 Å². The number of rotatable bonds is 5. The lowest BCUT2D eigenvalue weighted by Gasteiger charge is -2.34. The number of nitrogens with zero attached hydrogens (tertiary/aromatic N) is 3. The topological polar surface area (TPSA) is 38.7 Å². The van der Waals surface area contributed by atoms with E-state index in [4.69, 9.17) is 15.0 Å². The van der Waals surface area contributed by atoms with Crippen molar-refractivity contribution in [3.8, 4) is 45.3 Å². The zero-order chi connectivity index (χ0) is 36.3. The van der Waals surface area contributed by atoms with Crippen molar-refractivity contribution in [2.75, 3.05) is 0 Å². The molecule has 1 heterocycles. The Bertz CT molecular complexity index is 3040. The van der Waals surface area contributed by atoms with Crippen LogP contribution in [0.1, 0.15) is 22.3 Å². The van der Waals surface area contributed by atoms with E-state index in [9.17, 15) is 0 Å². The zero-order valence-electron chi connectivity index (χ0n) is 29.9. The predicted molar refractivity (Wildman–Crippen MR) is 226 cm³/mol. The summed E-state index contributed by atoms with van der Waals surface area (Å²) in [6.45, 7) is 0. The number of hydrogen-bond donors (Lipinski definition) is 0. The van der Waals surface area contributed by atoms with E-state index in [1.165, 1.54) is 54.9 Å². The molecule has 0 N–H and O–H groups in total. The van der Waals surface area contributed by atoms with E-state index in [0.717, 1.165) is 27.5 Å². The molecule has 0 atom stereocenters. The van der Waals surface area contributed by atoms with Gasteiger partial charge in [-0.05, 0) is 83.9 Å². The van der Waals surface area contributed by atoms with Gasteiger partial charge in [0, 0.05) is 16.7 Å². The molecule has 0 aliphatic heterocycles. The van der Waals surface area contributed by atoms with Crippen LogP contribution >= 0.6 is 0 Å². The van der Waals surface area contributed by atoms with E-state index in [1.807, 2.05) is 18.2 Å². The molecule has 0 bridgehead atoms. The van der Waals surface area contributed by atoms with E-state index >= 15 is 0 Å². The first-order valence-corrected chi connectivity index (χ1v) is 18.8. The van der Waals surface area contributed by atoms with E-state index < -0.39 is 5.41 Å². The maximum Gasteiger partial charge on any atom is 0.164 e. The maximum atomic E-state index is 5.24. The third-order valence-electron chi connectivity index (χ3n) is 11.4. The molecule has 0 amide bonds. The standard InChI is InChI=1S/C52H33N3/c1-4-16-35(17-5-1)49-53-50(55-51(54-49)45-25-14-24-42-41-22-11-10-15-34(41)29-30-43(42)45)37-28-27-36-32-46-44-23-12-13-26-47(44)52(39-18-6-2-7-19-39,40-20-8-3-9-21-40)48(46)33-38(36)31-37/h1-33H. The minimum absolute atomic E-state index is 0.474. The largest absolute Gasteiger partial charge is 0.208 e. The lowest BCUT2D eigenvalue weighted by molar-refractivity contribution is 0.769. The van der Waals surface area contributed by atoms with Gasteiger partial charge in [0.1, 0.15) is 0 Å². The summed E-state index contributed by atoms with van der Waals surface area (Å²) in [6, 6.07) is 71.7. The summed E-state index contributed by atoms with van der Waals surface area (Å²) in [5.74, 6) is 1.95. The van der Waals surface area contributed by atoms with Crippen LogP contribution in [-0.2, 0) is 5.41 Å². The molecule has 0 fully saturated rings. The summed E-state index contributed by atoms with van der Waals surface area (Å²) in [5, 5.41) is 7.03. The first-order chi connectivity index (χ1) is 27.3. The molecule has 0 spiro atoms. The number of fused-ring (bicyclic) bond motifs is 7. The first-order valence-electron chi connectivity index (χ1n) is 18.8. The van der Waals surface area contributed by atoms with Gasteiger partial charge in [0.05, 0.1) is 5.41 Å². The van der Waals surface area contributed by atoms with Crippen LogP contribution in [0.3, 0.4) is 0 Å². The minimum Gasteiger partial charge on any atom is -0.208 e. The van der Waals surface area contributed by atoms with E-state index in [1.54, 1.807) is 0 Å². The highest BCUT2D eigenvalue weighted by Crippen LogP contribution is 2.56. The monoisotopic (exact) mass is 699 g/mol. The second kappa shape index (κ2) is 12.4. The normalized spacial score (nSPS) is 12.9. The molecule has 1 aromatic heterocycles. The molecule has 0 radical (unpaired) electrons. The number of benzene rings is 9. The molecular weight excluding hydrogens is 667 g/mol. The van der Waals surface area contributed by atoms with E-state index in [2.05, 4.69) is 182 Å². The lowest BCUT2D eigenvalue weighted by Crippen LogP contribution is -2.28. The fourth-order valence-electron chi connectivity index (χ4n) is 8.90. The van der Waals surface area contributed by atoms with Gasteiger partial charge in [-0.1, -0.05) is 182 Å². The van der Waals surface area contributed by atoms with E-state index in [-0.39, 0.29) is 0 Å². The molecule has 0 saturated heterocycles. The van der Waals surface area contributed by atoms with Crippen molar-refractivity contribution >= 4 is 32.3 Å². The predicted octanol–water partition coefficient (Wildman–Crippen LogP) is 12.7. The molecule has 55 heavy (non-hydrogen) atoms. The first kappa shape index (κ1) is 31.3. The molecular formula is C52H33N3. The Hall–Kier alpha value is -7.23. The van der Waals surface area contributed by atoms with Crippen LogP contribution in [0, 0.1) is 0 Å². The van der Waals surface area contributed by atoms with Crippen LogP contribution < -0.4 is 0 Å². The smallest absolute Gasteiger partial charge is 0.164 e. The molecule has 1 aliphatic carbocycles. The lowest BCUT2D eigenvalue weighted by atomic mass is 9.67. The summed E-state index contributed by atoms with van der Waals surface area (Å²) in [4.78, 5) is 15.5. The van der Waals surface area contributed by atoms with Crippen LogP contribution in [-0.4, -0.2) is 15.0 Å². The van der Waals surface area contributed by atoms with Gasteiger partial charge in [0.2, 0.25) is 0 Å². The molecule has 0 saturated carbocycles. The van der Waals surface area contributed by atoms with Crippen molar-refractivity contribution in [2.45, 2.75) is 5.41 Å². The minimum atomic E-state index is -0.474. The van der Waals surface area contributed by atoms with Crippen molar-refractivity contribution in [1.82, 2.24) is 15.0 Å². The summed E-state index contributed by atoms with van der Waals surface area (Å²) in [6.07, 6.45) is 0. The summed E-state index contributed by atoms with van der Waals surface area (Å²) in [7, 11) is 0. The Morgan fingerprint density at radius 3 is 1.67 bits per heavy atom. The fourth-order valence-corrected chi connectivity index (χ4v) is 8.90. The SMILES string of the molecule is c1ccc(-c2nc(-c3ccc4cc5c(cc4c3)C(c3ccccc3)(c3ccccc3)c3ccccc3-5)nc(-c3cccc4c3ccc3ccccc34)n2)cc1. The van der Waals surface area contributed by atoms with Gasteiger partial charge in [-0.25, -0.2) is 15.0 Å². The van der Waals surface area contributed by atoms with Crippen LogP contribution in [0.4, 0.5) is 0 Å². The van der Waals surface area contributed by atoms with Crippen molar-refractivity contribution < 1.29 is 0 Å². The molecule has 256 valence electrons. The quantitative estimate of drug-likeness (QED) is 0.168. The Morgan fingerprint density at radius 1 is 0.291 bits per heavy atom. The van der Waals surface area contributed by atoms with Gasteiger partial charge in [0.15, 0.2) is 17.5 Å². The summed E-state index contributed by atoms with van der Waals surface area (Å²) in [5.41, 5.74) is 10.0. The second-order valence-corrected chi connectivity index (χ2v) is 14.3. The summed E-state index contributed by atoms with van der Waals surface area (Å²) >= 11 is 0. The highest BCUT2D eigenvalue weighted by Gasteiger charge is 2.46. The zero-order valence-corrected chi connectivity index (χ0v) is 29.9. The fraction of sp³-hybridized carbons (Fsp3) is 0.0192. The van der Waals surface area contributed by atoms with Gasteiger partial charge < -0.3 is 0 Å². The van der Waals surface area contributed by atoms with Crippen LogP contribution in [0.5, 0.6) is 0 Å². The van der Waals surface area contributed by atoms with Crippen molar-refractivity contribution in [3.05, 3.63) is 222 Å². The van der Waals surface area contributed by atoms with Gasteiger partial charge in [-0.15, -0.1) is 0 Å². The van der Waals surface area contributed by atoms with Crippen LogP contribution in [0.15, 0.2) is 200 Å². The average molecular weight is 700 g/mol. The Labute approximate surface area is 319 Å². The number of aromatic nitrogens is 3. The van der Waals surface area contributed by atoms with Gasteiger partial charge in [0.25, 0.3) is 0 Å². The second-order valence-electron chi connectivity index (χ2n) is 14.3. The van der Waals surface area contributed by atoms with Crippen molar-refractivity contribution in [1.29, 1.82) is 0 Å². The highest BCUT2D eigenvalue weighted by atomic mass is 15.0. The Balaban J connectivity index is 1.14.